The van der Waals surface area contributed by atoms with Gasteiger partial charge < -0.3 is 5.32 Å². The van der Waals surface area contributed by atoms with Crippen molar-refractivity contribution < 1.29 is 0 Å². The van der Waals surface area contributed by atoms with Gasteiger partial charge in [0.1, 0.15) is 6.07 Å². The average molecular weight is 147 g/mol. The van der Waals surface area contributed by atoms with Crippen molar-refractivity contribution in [2.75, 3.05) is 12.4 Å². The largest absolute Gasteiger partial charge is 0.386 e. The third-order valence-corrected chi connectivity index (χ3v) is 1.41. The van der Waals surface area contributed by atoms with Gasteiger partial charge in [0.05, 0.1) is 5.69 Å². The second-order valence-corrected chi connectivity index (χ2v) is 2.21. The Hall–Kier alpha value is -1.56. The number of aryl methyl sites for hydroxylation is 1. The van der Waals surface area contributed by atoms with Crippen LogP contribution in [0, 0.1) is 18.3 Å². The van der Waals surface area contributed by atoms with Crippen LogP contribution in [-0.4, -0.2) is 12.0 Å². The highest BCUT2D eigenvalue weighted by Gasteiger charge is 1.99. The number of pyridine rings is 1. The fourth-order valence-electron chi connectivity index (χ4n) is 0.844. The zero-order valence-electron chi connectivity index (χ0n) is 6.55. The molecule has 0 spiro atoms. The molecular weight excluding hydrogens is 138 g/mol. The van der Waals surface area contributed by atoms with Crippen molar-refractivity contribution in [3.8, 4) is 6.07 Å². The Morgan fingerprint density at radius 2 is 2.27 bits per heavy atom. The molecule has 0 atom stereocenters. The fourth-order valence-corrected chi connectivity index (χ4v) is 0.844. The molecule has 1 aromatic rings. The molecular formula is C8H9N3. The van der Waals surface area contributed by atoms with Crippen molar-refractivity contribution in [3.05, 3.63) is 23.5 Å². The molecule has 0 fully saturated rings. The molecule has 0 unspecified atom stereocenters. The van der Waals surface area contributed by atoms with Gasteiger partial charge in [0, 0.05) is 12.7 Å². The Kier molecular flexibility index (Phi) is 2.07. The zero-order valence-corrected chi connectivity index (χ0v) is 6.55. The van der Waals surface area contributed by atoms with E-state index in [4.69, 9.17) is 5.26 Å². The van der Waals surface area contributed by atoms with Gasteiger partial charge in [0.2, 0.25) is 0 Å². The van der Waals surface area contributed by atoms with Crippen molar-refractivity contribution in [3.63, 3.8) is 0 Å². The molecule has 11 heavy (non-hydrogen) atoms. The van der Waals surface area contributed by atoms with Gasteiger partial charge in [-0.3, -0.25) is 0 Å². The van der Waals surface area contributed by atoms with Gasteiger partial charge in [0.25, 0.3) is 0 Å². The van der Waals surface area contributed by atoms with E-state index in [2.05, 4.69) is 10.3 Å². The number of nitrogens with zero attached hydrogens (tertiary/aromatic N) is 2. The normalized spacial score (nSPS) is 8.82. The summed E-state index contributed by atoms with van der Waals surface area (Å²) < 4.78 is 0. The Labute approximate surface area is 65.7 Å². The van der Waals surface area contributed by atoms with Crippen LogP contribution < -0.4 is 5.32 Å². The lowest BCUT2D eigenvalue weighted by atomic mass is 10.3. The maximum Gasteiger partial charge on any atom is 0.163 e. The van der Waals surface area contributed by atoms with E-state index in [0.717, 1.165) is 11.4 Å². The number of anilines is 1. The Morgan fingerprint density at radius 3 is 2.82 bits per heavy atom. The zero-order chi connectivity index (χ0) is 8.27. The Bertz CT molecular complexity index is 299. The van der Waals surface area contributed by atoms with Crippen LogP contribution in [0.5, 0.6) is 0 Å². The summed E-state index contributed by atoms with van der Waals surface area (Å²) in [7, 11) is 1.77. The number of nitrogens with one attached hydrogen (secondary N) is 1. The number of aromatic nitrogens is 1. The molecule has 0 amide bonds. The minimum absolute atomic E-state index is 0.451. The summed E-state index contributed by atoms with van der Waals surface area (Å²) in [6.07, 6.45) is 0. The van der Waals surface area contributed by atoms with Crippen LogP contribution in [-0.2, 0) is 0 Å². The summed E-state index contributed by atoms with van der Waals surface area (Å²) in [6, 6.07) is 5.73. The van der Waals surface area contributed by atoms with Crippen LogP contribution in [0.4, 0.5) is 5.69 Å². The van der Waals surface area contributed by atoms with Crippen molar-refractivity contribution in [1.82, 2.24) is 4.98 Å². The first kappa shape index (κ1) is 7.55. The first-order valence-corrected chi connectivity index (χ1v) is 3.33. The summed E-state index contributed by atoms with van der Waals surface area (Å²) in [5, 5.41) is 11.5. The van der Waals surface area contributed by atoms with E-state index >= 15 is 0 Å². The number of nitriles is 1. The van der Waals surface area contributed by atoms with Crippen LogP contribution in [0.25, 0.3) is 0 Å². The highest BCUT2D eigenvalue weighted by atomic mass is 14.9. The summed E-state index contributed by atoms with van der Waals surface area (Å²) in [6.45, 7) is 1.86. The lowest BCUT2D eigenvalue weighted by Crippen LogP contribution is -1.95. The second kappa shape index (κ2) is 3.02. The van der Waals surface area contributed by atoms with Crippen molar-refractivity contribution in [1.29, 1.82) is 5.26 Å². The van der Waals surface area contributed by atoms with Crippen LogP contribution in [0.15, 0.2) is 12.1 Å². The van der Waals surface area contributed by atoms with Crippen LogP contribution in [0.2, 0.25) is 0 Å². The fraction of sp³-hybridized carbons (Fsp3) is 0.250. The maximum absolute atomic E-state index is 8.62. The van der Waals surface area contributed by atoms with Gasteiger partial charge in [-0.2, -0.15) is 5.26 Å². The van der Waals surface area contributed by atoms with Gasteiger partial charge in [-0.1, -0.05) is 0 Å². The van der Waals surface area contributed by atoms with E-state index in [-0.39, 0.29) is 0 Å². The predicted molar refractivity (Wildman–Crippen MR) is 43.2 cm³/mol. The summed E-state index contributed by atoms with van der Waals surface area (Å²) in [5.74, 6) is 0. The quantitative estimate of drug-likeness (QED) is 0.651. The third-order valence-electron chi connectivity index (χ3n) is 1.41. The molecule has 0 aromatic carbocycles. The number of rotatable bonds is 1. The van der Waals surface area contributed by atoms with Crippen molar-refractivity contribution >= 4 is 5.69 Å². The molecule has 0 saturated heterocycles. The van der Waals surface area contributed by atoms with Gasteiger partial charge in [-0.15, -0.1) is 0 Å². The molecule has 1 aromatic heterocycles. The smallest absolute Gasteiger partial charge is 0.163 e. The number of hydrogen-bond acceptors (Lipinski definition) is 3. The minimum atomic E-state index is 0.451. The molecule has 3 nitrogen and oxygen atoms in total. The lowest BCUT2D eigenvalue weighted by molar-refractivity contribution is 1.16. The number of hydrogen-bond donors (Lipinski definition) is 1. The summed E-state index contributed by atoms with van der Waals surface area (Å²) in [4.78, 5) is 4.04. The van der Waals surface area contributed by atoms with Crippen LogP contribution in [0.3, 0.4) is 0 Å². The summed E-state index contributed by atoms with van der Waals surface area (Å²) in [5.41, 5.74) is 2.09. The van der Waals surface area contributed by atoms with Gasteiger partial charge >= 0.3 is 0 Å². The van der Waals surface area contributed by atoms with E-state index in [9.17, 15) is 0 Å². The third kappa shape index (κ3) is 1.47. The Morgan fingerprint density at radius 1 is 1.55 bits per heavy atom. The van der Waals surface area contributed by atoms with E-state index in [1.165, 1.54) is 0 Å². The molecule has 1 heterocycles. The molecule has 1 rings (SSSR count). The van der Waals surface area contributed by atoms with Crippen LogP contribution >= 0.6 is 0 Å². The predicted octanol–water partition coefficient (Wildman–Crippen LogP) is 1.30. The van der Waals surface area contributed by atoms with Gasteiger partial charge in [-0.25, -0.2) is 4.98 Å². The second-order valence-electron chi connectivity index (χ2n) is 2.21. The molecule has 0 saturated carbocycles. The summed E-state index contributed by atoms with van der Waals surface area (Å²) >= 11 is 0. The first-order chi connectivity index (χ1) is 5.27. The average Bonchev–Trinajstić information content (AvgIpc) is 2.04. The molecule has 3 heteroatoms. The van der Waals surface area contributed by atoms with Gasteiger partial charge in [-0.05, 0) is 19.1 Å². The van der Waals surface area contributed by atoms with E-state index in [0.29, 0.717) is 5.69 Å². The van der Waals surface area contributed by atoms with Crippen molar-refractivity contribution in [2.24, 2.45) is 0 Å². The SMILES string of the molecule is CNc1ccc(C)nc1C#N. The minimum Gasteiger partial charge on any atom is -0.386 e. The molecule has 0 aliphatic heterocycles. The highest BCUT2D eigenvalue weighted by Crippen LogP contribution is 2.10. The van der Waals surface area contributed by atoms with E-state index < -0.39 is 0 Å². The monoisotopic (exact) mass is 147 g/mol. The van der Waals surface area contributed by atoms with Gasteiger partial charge in [0.15, 0.2) is 5.69 Å². The molecule has 0 radical (unpaired) electrons. The van der Waals surface area contributed by atoms with Crippen LogP contribution in [0.1, 0.15) is 11.4 Å². The lowest BCUT2D eigenvalue weighted by Gasteiger charge is -2.01. The molecule has 56 valence electrons. The topological polar surface area (TPSA) is 48.7 Å². The molecule has 1 N–H and O–H groups in total. The molecule has 0 aliphatic rings. The molecule has 0 aliphatic carbocycles. The first-order valence-electron chi connectivity index (χ1n) is 3.33. The highest BCUT2D eigenvalue weighted by molar-refractivity contribution is 5.53. The maximum atomic E-state index is 8.62. The van der Waals surface area contributed by atoms with Crippen molar-refractivity contribution in [2.45, 2.75) is 6.92 Å². The molecule has 0 bridgehead atoms. The Balaban J connectivity index is 3.19. The standard InChI is InChI=1S/C8H9N3/c1-6-3-4-7(10-2)8(5-9)11-6/h3-4,10H,1-2H3. The van der Waals surface area contributed by atoms with E-state index in [1.54, 1.807) is 7.05 Å². The van der Waals surface area contributed by atoms with E-state index in [1.807, 2.05) is 25.1 Å².